The number of halogens is 2. The molecule has 0 saturated heterocycles. The van der Waals surface area contributed by atoms with E-state index in [0.717, 1.165) is 11.0 Å². The summed E-state index contributed by atoms with van der Waals surface area (Å²) in [7, 11) is 0. The minimum absolute atomic E-state index is 0. The first kappa shape index (κ1) is 14.0. The van der Waals surface area contributed by atoms with E-state index in [9.17, 15) is 4.39 Å². The van der Waals surface area contributed by atoms with Crippen LogP contribution in [0.15, 0.2) is 22.8 Å². The van der Waals surface area contributed by atoms with Crippen LogP contribution in [0.2, 0.25) is 0 Å². The summed E-state index contributed by atoms with van der Waals surface area (Å²) in [6.07, 6.45) is 1.18. The maximum Gasteiger partial charge on any atom is 0.227 e. The smallest absolute Gasteiger partial charge is 0.227 e. The second-order valence-electron chi connectivity index (χ2n) is 4.43. The van der Waals surface area contributed by atoms with E-state index in [1.54, 1.807) is 6.07 Å². The van der Waals surface area contributed by atoms with Crippen molar-refractivity contribution in [2.75, 3.05) is 6.61 Å². The molecular formula is C13H15BrFN3O. The van der Waals surface area contributed by atoms with Gasteiger partial charge < -0.3 is 4.74 Å². The number of rotatable bonds is 1. The number of nitrogens with zero attached hydrogens (tertiary/aromatic N) is 3. The van der Waals surface area contributed by atoms with E-state index < -0.39 is 0 Å². The van der Waals surface area contributed by atoms with Gasteiger partial charge >= 0.3 is 0 Å². The Labute approximate surface area is 119 Å². The second-order valence-corrected chi connectivity index (χ2v) is 5.22. The fourth-order valence-corrected chi connectivity index (χ4v) is 2.54. The van der Waals surface area contributed by atoms with Crippen LogP contribution in [0.5, 0.6) is 5.88 Å². The molecule has 0 radical (unpaired) electrons. The largest absolute Gasteiger partial charge is 0.477 e. The molecule has 1 atom stereocenters. The molecule has 1 aliphatic rings. The molecule has 3 heterocycles. The van der Waals surface area contributed by atoms with Crippen LogP contribution in [0.4, 0.5) is 4.39 Å². The van der Waals surface area contributed by atoms with Crippen LogP contribution in [0, 0.1) is 11.7 Å². The molecule has 6 heteroatoms. The van der Waals surface area contributed by atoms with E-state index in [2.05, 4.69) is 32.9 Å². The Hall–Kier alpha value is -1.43. The monoisotopic (exact) mass is 327 g/mol. The Morgan fingerprint density at radius 1 is 1.47 bits per heavy atom. The van der Waals surface area contributed by atoms with E-state index >= 15 is 0 Å². The van der Waals surface area contributed by atoms with E-state index in [0.29, 0.717) is 29.8 Å². The number of ether oxygens (including phenoxy) is 1. The number of fused-ring (bicyclic) bond motifs is 1. The lowest BCUT2D eigenvalue weighted by Gasteiger charge is -2.20. The summed E-state index contributed by atoms with van der Waals surface area (Å²) in [5, 5.41) is 4.46. The van der Waals surface area contributed by atoms with E-state index in [-0.39, 0.29) is 13.2 Å². The van der Waals surface area contributed by atoms with Crippen molar-refractivity contribution in [3.05, 3.63) is 28.6 Å². The maximum atomic E-state index is 12.9. The van der Waals surface area contributed by atoms with Crippen LogP contribution in [-0.2, 0) is 6.54 Å². The van der Waals surface area contributed by atoms with Crippen molar-refractivity contribution in [1.29, 1.82) is 0 Å². The van der Waals surface area contributed by atoms with E-state index in [1.807, 2.05) is 4.68 Å². The molecule has 3 rings (SSSR count). The maximum absolute atomic E-state index is 12.9. The standard InChI is InChI=1S/C12H11BrFN3O.CH4/c1-7-5-17-12(18-6-7)10(13)11(16-17)9-3-2-8(14)4-15-9;/h2-4,7H,5-6H2,1H3;1H4. The number of pyridine rings is 1. The van der Waals surface area contributed by atoms with Gasteiger partial charge in [0.25, 0.3) is 0 Å². The third-order valence-corrected chi connectivity index (χ3v) is 3.52. The number of hydrogen-bond acceptors (Lipinski definition) is 3. The predicted octanol–water partition coefficient (Wildman–Crippen LogP) is 3.51. The highest BCUT2D eigenvalue weighted by atomic mass is 79.9. The van der Waals surface area contributed by atoms with Gasteiger partial charge in [-0.25, -0.2) is 9.07 Å². The minimum atomic E-state index is -0.358. The van der Waals surface area contributed by atoms with Crippen molar-refractivity contribution in [3.8, 4) is 17.3 Å². The van der Waals surface area contributed by atoms with Crippen molar-refractivity contribution >= 4 is 15.9 Å². The van der Waals surface area contributed by atoms with Gasteiger partial charge in [-0.1, -0.05) is 14.4 Å². The third-order valence-electron chi connectivity index (χ3n) is 2.81. The predicted molar refractivity (Wildman–Crippen MR) is 74.5 cm³/mol. The molecule has 0 N–H and O–H groups in total. The Bertz CT molecular complexity index is 582. The van der Waals surface area contributed by atoms with Gasteiger partial charge in [0.05, 0.1) is 25.0 Å². The highest BCUT2D eigenvalue weighted by Crippen LogP contribution is 2.36. The molecule has 2 aromatic rings. The van der Waals surface area contributed by atoms with Crippen LogP contribution in [0.25, 0.3) is 11.4 Å². The lowest BCUT2D eigenvalue weighted by molar-refractivity contribution is 0.174. The van der Waals surface area contributed by atoms with Gasteiger partial charge in [0, 0.05) is 5.92 Å². The summed E-state index contributed by atoms with van der Waals surface area (Å²) in [6.45, 7) is 3.60. The highest BCUT2D eigenvalue weighted by molar-refractivity contribution is 9.10. The first-order chi connectivity index (χ1) is 8.65. The Morgan fingerprint density at radius 3 is 2.95 bits per heavy atom. The number of aromatic nitrogens is 3. The van der Waals surface area contributed by atoms with Gasteiger partial charge in [-0.2, -0.15) is 5.10 Å². The van der Waals surface area contributed by atoms with Crippen molar-refractivity contribution in [2.24, 2.45) is 5.92 Å². The average molecular weight is 328 g/mol. The lowest BCUT2D eigenvalue weighted by Crippen LogP contribution is -2.23. The molecule has 0 bridgehead atoms. The van der Waals surface area contributed by atoms with Crippen LogP contribution in [0.1, 0.15) is 14.4 Å². The summed E-state index contributed by atoms with van der Waals surface area (Å²) in [4.78, 5) is 4.04. The molecular weight excluding hydrogens is 313 g/mol. The minimum Gasteiger partial charge on any atom is -0.477 e. The van der Waals surface area contributed by atoms with E-state index in [4.69, 9.17) is 4.74 Å². The molecule has 0 fully saturated rings. The van der Waals surface area contributed by atoms with Crippen LogP contribution in [0.3, 0.4) is 0 Å². The lowest BCUT2D eigenvalue weighted by atomic mass is 10.2. The summed E-state index contributed by atoms with van der Waals surface area (Å²) in [5.41, 5.74) is 1.31. The summed E-state index contributed by atoms with van der Waals surface area (Å²) in [5.74, 6) is 0.788. The molecule has 2 aromatic heterocycles. The molecule has 0 spiro atoms. The van der Waals surface area contributed by atoms with Crippen LogP contribution >= 0.6 is 15.9 Å². The van der Waals surface area contributed by atoms with Gasteiger partial charge in [0.15, 0.2) is 0 Å². The summed E-state index contributed by atoms with van der Waals surface area (Å²) in [6, 6.07) is 2.98. The fraction of sp³-hybridized carbons (Fsp3) is 0.385. The van der Waals surface area contributed by atoms with Gasteiger partial charge in [-0.05, 0) is 28.1 Å². The van der Waals surface area contributed by atoms with E-state index in [1.165, 1.54) is 12.3 Å². The zero-order valence-corrected chi connectivity index (χ0v) is 11.3. The highest BCUT2D eigenvalue weighted by Gasteiger charge is 2.24. The Morgan fingerprint density at radius 2 is 2.26 bits per heavy atom. The molecule has 0 amide bonds. The molecule has 1 aliphatic heterocycles. The molecule has 19 heavy (non-hydrogen) atoms. The van der Waals surface area contributed by atoms with Crippen molar-refractivity contribution < 1.29 is 9.13 Å². The number of hydrogen-bond donors (Lipinski definition) is 0. The quantitative estimate of drug-likeness (QED) is 0.804. The molecule has 4 nitrogen and oxygen atoms in total. The Kier molecular flexibility index (Phi) is 3.89. The molecule has 102 valence electrons. The Balaban J connectivity index is 0.00000133. The summed E-state index contributed by atoms with van der Waals surface area (Å²) < 4.78 is 21.1. The zero-order chi connectivity index (χ0) is 12.7. The molecule has 0 aromatic carbocycles. The van der Waals surface area contributed by atoms with Gasteiger partial charge in [0.1, 0.15) is 16.0 Å². The van der Waals surface area contributed by atoms with Gasteiger partial charge in [-0.15, -0.1) is 0 Å². The molecule has 0 aliphatic carbocycles. The zero-order valence-electron chi connectivity index (χ0n) is 9.73. The van der Waals surface area contributed by atoms with Crippen molar-refractivity contribution in [1.82, 2.24) is 14.8 Å². The molecule has 0 saturated carbocycles. The third kappa shape index (κ3) is 2.49. The summed E-state index contributed by atoms with van der Waals surface area (Å²) >= 11 is 3.47. The first-order valence-corrected chi connectivity index (χ1v) is 6.45. The van der Waals surface area contributed by atoms with Crippen molar-refractivity contribution in [2.45, 2.75) is 20.9 Å². The fourth-order valence-electron chi connectivity index (χ4n) is 1.93. The topological polar surface area (TPSA) is 39.9 Å². The first-order valence-electron chi connectivity index (χ1n) is 5.66. The SMILES string of the molecule is C.CC1COc2c(Br)c(-c3ccc(F)cn3)nn2C1. The van der Waals surface area contributed by atoms with Gasteiger partial charge in [0.2, 0.25) is 5.88 Å². The normalized spacial score (nSPS) is 17.3. The average Bonchev–Trinajstić information content (AvgIpc) is 2.67. The second kappa shape index (κ2) is 5.28. The molecule has 1 unspecified atom stereocenters. The van der Waals surface area contributed by atoms with Crippen LogP contribution < -0.4 is 4.74 Å². The van der Waals surface area contributed by atoms with Crippen molar-refractivity contribution in [3.63, 3.8) is 0 Å². The van der Waals surface area contributed by atoms with Gasteiger partial charge in [-0.3, -0.25) is 4.98 Å². The van der Waals surface area contributed by atoms with Crippen LogP contribution in [-0.4, -0.2) is 21.4 Å².